The molecular formula is C13H8F3NO. The number of fused-ring (bicyclic) bond motifs is 2. The van der Waals surface area contributed by atoms with Gasteiger partial charge in [0.25, 0.3) is 0 Å². The standard InChI is InChI=1S/C13H8F3NO/c14-13(15,16)10-3-5-18-12-7-11-8(6-9(10)12)2-1-4-17-11/h1-4,6-7H,5H2. The van der Waals surface area contributed by atoms with Gasteiger partial charge in [-0.1, -0.05) is 6.07 Å². The van der Waals surface area contributed by atoms with Crippen molar-refractivity contribution in [1.29, 1.82) is 0 Å². The highest BCUT2D eigenvalue weighted by Gasteiger charge is 2.37. The molecule has 0 atom stereocenters. The second-order valence-corrected chi connectivity index (χ2v) is 3.97. The van der Waals surface area contributed by atoms with E-state index in [1.807, 2.05) is 0 Å². The maximum absolute atomic E-state index is 12.9. The summed E-state index contributed by atoms with van der Waals surface area (Å²) in [5.41, 5.74) is 0.0587. The molecule has 2 nitrogen and oxygen atoms in total. The molecule has 0 radical (unpaired) electrons. The lowest BCUT2D eigenvalue weighted by atomic mass is 10.00. The third-order valence-electron chi connectivity index (χ3n) is 2.83. The molecule has 1 aliphatic heterocycles. The van der Waals surface area contributed by atoms with Crippen LogP contribution in [0.1, 0.15) is 5.56 Å². The largest absolute Gasteiger partial charge is 0.489 e. The minimum atomic E-state index is -4.37. The van der Waals surface area contributed by atoms with Crippen molar-refractivity contribution in [3.8, 4) is 5.75 Å². The average molecular weight is 251 g/mol. The summed E-state index contributed by atoms with van der Waals surface area (Å²) in [5.74, 6) is 0.232. The summed E-state index contributed by atoms with van der Waals surface area (Å²) in [6.07, 6.45) is -1.71. The quantitative estimate of drug-likeness (QED) is 0.714. The molecule has 3 rings (SSSR count). The van der Waals surface area contributed by atoms with Gasteiger partial charge in [0, 0.05) is 23.2 Å². The second-order valence-electron chi connectivity index (χ2n) is 3.97. The Balaban J connectivity index is 2.25. The third-order valence-corrected chi connectivity index (χ3v) is 2.83. The number of rotatable bonds is 0. The predicted octanol–water partition coefficient (Wildman–Crippen LogP) is 3.57. The lowest BCUT2D eigenvalue weighted by Gasteiger charge is -2.21. The van der Waals surface area contributed by atoms with E-state index in [9.17, 15) is 13.2 Å². The number of aromatic nitrogens is 1. The number of hydrogen-bond acceptors (Lipinski definition) is 2. The van der Waals surface area contributed by atoms with Crippen LogP contribution >= 0.6 is 0 Å². The van der Waals surface area contributed by atoms with E-state index in [1.165, 1.54) is 6.07 Å². The molecule has 1 aromatic heterocycles. The molecule has 0 saturated carbocycles. The smallest absolute Gasteiger partial charge is 0.416 e. The van der Waals surface area contributed by atoms with E-state index in [-0.39, 0.29) is 17.9 Å². The van der Waals surface area contributed by atoms with Crippen molar-refractivity contribution < 1.29 is 17.9 Å². The van der Waals surface area contributed by atoms with Crippen LogP contribution in [-0.4, -0.2) is 17.8 Å². The molecule has 5 heteroatoms. The van der Waals surface area contributed by atoms with Gasteiger partial charge in [-0.25, -0.2) is 0 Å². The summed E-state index contributed by atoms with van der Waals surface area (Å²) in [6, 6.07) is 6.43. The van der Waals surface area contributed by atoms with Crippen LogP contribution in [0.2, 0.25) is 0 Å². The molecule has 0 aliphatic carbocycles. The van der Waals surface area contributed by atoms with Gasteiger partial charge in [0.1, 0.15) is 12.4 Å². The number of pyridine rings is 1. The number of benzene rings is 1. The average Bonchev–Trinajstić information content (AvgIpc) is 2.34. The zero-order valence-electron chi connectivity index (χ0n) is 9.16. The molecular weight excluding hydrogens is 243 g/mol. The van der Waals surface area contributed by atoms with E-state index in [2.05, 4.69) is 4.98 Å². The Hall–Kier alpha value is -2.04. The molecule has 18 heavy (non-hydrogen) atoms. The Morgan fingerprint density at radius 2 is 2.06 bits per heavy atom. The van der Waals surface area contributed by atoms with Crippen molar-refractivity contribution in [1.82, 2.24) is 4.98 Å². The van der Waals surface area contributed by atoms with Crippen LogP contribution in [0, 0.1) is 0 Å². The normalized spacial score (nSPS) is 14.9. The first-order valence-electron chi connectivity index (χ1n) is 5.35. The summed E-state index contributed by atoms with van der Waals surface area (Å²) in [4.78, 5) is 4.10. The van der Waals surface area contributed by atoms with E-state index >= 15 is 0 Å². The summed E-state index contributed by atoms with van der Waals surface area (Å²) >= 11 is 0. The van der Waals surface area contributed by atoms with Gasteiger partial charge < -0.3 is 4.74 Å². The highest BCUT2D eigenvalue weighted by atomic mass is 19.4. The molecule has 2 aromatic rings. The van der Waals surface area contributed by atoms with Crippen LogP contribution in [0.3, 0.4) is 0 Å². The van der Waals surface area contributed by atoms with Gasteiger partial charge in [0.15, 0.2) is 0 Å². The minimum absolute atomic E-state index is 0.0693. The molecule has 1 aromatic carbocycles. The molecule has 0 fully saturated rings. The lowest BCUT2D eigenvalue weighted by molar-refractivity contribution is -0.0696. The maximum Gasteiger partial charge on any atom is 0.416 e. The van der Waals surface area contributed by atoms with E-state index in [1.54, 1.807) is 24.4 Å². The first-order chi connectivity index (χ1) is 8.55. The summed E-state index contributed by atoms with van der Waals surface area (Å²) in [6.45, 7) is -0.0693. The predicted molar refractivity (Wildman–Crippen MR) is 61.3 cm³/mol. The lowest BCUT2D eigenvalue weighted by Crippen LogP contribution is -2.16. The van der Waals surface area contributed by atoms with Crippen molar-refractivity contribution in [3.05, 3.63) is 42.1 Å². The number of hydrogen-bond donors (Lipinski definition) is 0. The third kappa shape index (κ3) is 1.72. The number of ether oxygens (including phenoxy) is 1. The van der Waals surface area contributed by atoms with Gasteiger partial charge in [0.2, 0.25) is 0 Å². The van der Waals surface area contributed by atoms with E-state index < -0.39 is 11.7 Å². The molecule has 2 heterocycles. The van der Waals surface area contributed by atoms with Gasteiger partial charge in [-0.05, 0) is 18.2 Å². The van der Waals surface area contributed by atoms with Crippen molar-refractivity contribution in [3.63, 3.8) is 0 Å². The van der Waals surface area contributed by atoms with Crippen LogP contribution in [-0.2, 0) is 0 Å². The molecule has 0 N–H and O–H groups in total. The number of alkyl halides is 3. The molecule has 1 aliphatic rings. The summed E-state index contributed by atoms with van der Waals surface area (Å²) in [5, 5.41) is 0.664. The maximum atomic E-state index is 12.9. The minimum Gasteiger partial charge on any atom is -0.489 e. The number of nitrogens with zero attached hydrogens (tertiary/aromatic N) is 1. The molecule has 0 unspecified atom stereocenters. The number of allylic oxidation sites excluding steroid dienone is 1. The number of halogens is 3. The Morgan fingerprint density at radius 1 is 1.22 bits per heavy atom. The second kappa shape index (κ2) is 3.73. The van der Waals surface area contributed by atoms with Crippen LogP contribution in [0.4, 0.5) is 13.2 Å². The summed E-state index contributed by atoms with van der Waals surface area (Å²) < 4.78 is 43.9. The monoisotopic (exact) mass is 251 g/mol. The van der Waals surface area contributed by atoms with Crippen LogP contribution in [0.5, 0.6) is 5.75 Å². The summed E-state index contributed by atoms with van der Waals surface area (Å²) in [7, 11) is 0. The van der Waals surface area contributed by atoms with Crippen LogP contribution in [0.15, 0.2) is 36.5 Å². The molecule has 0 amide bonds. The Labute approximate surface area is 101 Å². The fraction of sp³-hybridized carbons (Fsp3) is 0.154. The molecule has 92 valence electrons. The SMILES string of the molecule is FC(F)(F)C1=CCOc2cc3ncccc3cc21. The van der Waals surface area contributed by atoms with Gasteiger partial charge in [-0.15, -0.1) is 0 Å². The van der Waals surface area contributed by atoms with Gasteiger partial charge >= 0.3 is 6.18 Å². The van der Waals surface area contributed by atoms with Gasteiger partial charge in [0.05, 0.1) is 11.1 Å². The molecule has 0 saturated heterocycles. The van der Waals surface area contributed by atoms with Gasteiger partial charge in [-0.3, -0.25) is 4.98 Å². The van der Waals surface area contributed by atoms with Crippen LogP contribution in [0.25, 0.3) is 16.5 Å². The topological polar surface area (TPSA) is 22.1 Å². The van der Waals surface area contributed by atoms with Crippen LogP contribution < -0.4 is 4.74 Å². The first-order valence-corrected chi connectivity index (χ1v) is 5.35. The Morgan fingerprint density at radius 3 is 2.83 bits per heavy atom. The first kappa shape index (κ1) is 11.1. The van der Waals surface area contributed by atoms with Crippen molar-refractivity contribution >= 4 is 16.5 Å². The van der Waals surface area contributed by atoms with E-state index in [0.29, 0.717) is 10.9 Å². The Kier molecular flexibility index (Phi) is 2.29. The Bertz CT molecular complexity index is 646. The molecule has 0 bridgehead atoms. The van der Waals surface area contributed by atoms with Crippen molar-refractivity contribution in [2.75, 3.05) is 6.61 Å². The molecule has 0 spiro atoms. The van der Waals surface area contributed by atoms with E-state index in [0.717, 1.165) is 6.08 Å². The van der Waals surface area contributed by atoms with E-state index in [4.69, 9.17) is 4.74 Å². The highest BCUT2D eigenvalue weighted by Crippen LogP contribution is 2.41. The zero-order chi connectivity index (χ0) is 12.8. The van der Waals surface area contributed by atoms with Gasteiger partial charge in [-0.2, -0.15) is 13.2 Å². The highest BCUT2D eigenvalue weighted by molar-refractivity contribution is 5.88. The fourth-order valence-electron chi connectivity index (χ4n) is 2.02. The van der Waals surface area contributed by atoms with Crippen molar-refractivity contribution in [2.24, 2.45) is 0 Å². The fourth-order valence-corrected chi connectivity index (χ4v) is 2.02. The van der Waals surface area contributed by atoms with Crippen molar-refractivity contribution in [2.45, 2.75) is 6.18 Å². The zero-order valence-corrected chi connectivity index (χ0v) is 9.16.